The number of rotatable bonds is 4. The number of hydrogen-bond acceptors (Lipinski definition) is 6. The minimum atomic E-state index is -4.76. The minimum absolute atomic E-state index is 0.0800. The van der Waals surface area contributed by atoms with E-state index in [2.05, 4.69) is 5.32 Å². The number of benzene rings is 1. The van der Waals surface area contributed by atoms with Gasteiger partial charge in [0.05, 0.1) is 17.2 Å². The third kappa shape index (κ3) is 6.83. The van der Waals surface area contributed by atoms with Crippen LogP contribution in [-0.2, 0) is 15.7 Å². The number of anilines is 1. The highest BCUT2D eigenvalue weighted by atomic mass is 19.4. The topological polar surface area (TPSA) is 106 Å². The smallest absolute Gasteiger partial charge is 0.417 e. The number of aliphatic hydroxyl groups is 1. The molecule has 2 N–H and O–H groups in total. The molecule has 1 atom stereocenters. The summed E-state index contributed by atoms with van der Waals surface area (Å²) in [6, 6.07) is 4.25. The van der Waals surface area contributed by atoms with Gasteiger partial charge >= 0.3 is 12.3 Å². The molecule has 8 nitrogen and oxygen atoms in total. The van der Waals surface area contributed by atoms with Gasteiger partial charge in [0, 0.05) is 38.4 Å². The molecule has 1 aromatic rings. The first kappa shape index (κ1) is 25.4. The van der Waals surface area contributed by atoms with Crippen molar-refractivity contribution in [3.63, 3.8) is 0 Å². The number of carbonyl (C=O) groups is 2. The van der Waals surface area contributed by atoms with Crippen LogP contribution in [-0.4, -0.2) is 70.8 Å². The Labute approximate surface area is 184 Å². The third-order valence-corrected chi connectivity index (χ3v) is 4.75. The molecule has 32 heavy (non-hydrogen) atoms. The maximum Gasteiger partial charge on any atom is 0.417 e. The maximum absolute atomic E-state index is 13.1. The summed E-state index contributed by atoms with van der Waals surface area (Å²) in [6.45, 7) is 7.94. The van der Waals surface area contributed by atoms with E-state index in [-0.39, 0.29) is 12.2 Å². The zero-order chi connectivity index (χ0) is 24.3. The zero-order valence-corrected chi connectivity index (χ0v) is 18.4. The summed E-state index contributed by atoms with van der Waals surface area (Å²) in [6.07, 6.45) is -5.20. The molecule has 0 bridgehead atoms. The van der Waals surface area contributed by atoms with E-state index in [1.807, 2.05) is 0 Å². The lowest BCUT2D eigenvalue weighted by Crippen LogP contribution is -2.56. The predicted octanol–water partition coefficient (Wildman–Crippen LogP) is 2.82. The fraction of sp³-hybridized carbons (Fsp3) is 0.571. The molecule has 0 aliphatic carbocycles. The summed E-state index contributed by atoms with van der Waals surface area (Å²) in [5, 5.41) is 21.8. The molecular weight excluding hydrogens is 429 g/mol. The van der Waals surface area contributed by atoms with Crippen molar-refractivity contribution in [3.8, 4) is 6.07 Å². The quantitative estimate of drug-likeness (QED) is 0.722. The third-order valence-electron chi connectivity index (χ3n) is 4.75. The van der Waals surface area contributed by atoms with E-state index < -0.39 is 40.5 Å². The second-order valence-corrected chi connectivity index (χ2v) is 8.84. The highest BCUT2D eigenvalue weighted by Gasteiger charge is 2.37. The normalized spacial score (nSPS) is 17.3. The zero-order valence-electron chi connectivity index (χ0n) is 18.4. The minimum Gasteiger partial charge on any atom is -0.444 e. The number of nitriles is 1. The van der Waals surface area contributed by atoms with Crippen LogP contribution in [0.4, 0.5) is 23.7 Å². The van der Waals surface area contributed by atoms with Crippen LogP contribution in [0.1, 0.15) is 38.8 Å². The van der Waals surface area contributed by atoms with Crippen molar-refractivity contribution in [2.45, 2.75) is 45.1 Å². The number of halogens is 3. The Morgan fingerprint density at radius 1 is 1.16 bits per heavy atom. The Bertz CT molecular complexity index is 896. The van der Waals surface area contributed by atoms with Gasteiger partial charge in [-0.2, -0.15) is 18.4 Å². The number of nitrogens with zero attached hydrogens (tertiary/aromatic N) is 3. The van der Waals surface area contributed by atoms with Crippen molar-refractivity contribution < 1.29 is 32.6 Å². The molecule has 1 aromatic carbocycles. The van der Waals surface area contributed by atoms with Gasteiger partial charge in [0.15, 0.2) is 5.60 Å². The van der Waals surface area contributed by atoms with Crippen molar-refractivity contribution in [3.05, 3.63) is 29.3 Å². The molecule has 176 valence electrons. The summed E-state index contributed by atoms with van der Waals surface area (Å²) < 4.78 is 44.7. The Kier molecular flexibility index (Phi) is 7.42. The van der Waals surface area contributed by atoms with Gasteiger partial charge in [-0.1, -0.05) is 0 Å². The monoisotopic (exact) mass is 456 g/mol. The molecule has 1 saturated heterocycles. The summed E-state index contributed by atoms with van der Waals surface area (Å²) >= 11 is 0. The molecule has 0 radical (unpaired) electrons. The van der Waals surface area contributed by atoms with Gasteiger partial charge in [0.25, 0.3) is 5.91 Å². The van der Waals surface area contributed by atoms with Crippen LogP contribution in [0.5, 0.6) is 0 Å². The number of piperazine rings is 1. The molecule has 0 unspecified atom stereocenters. The standard InChI is InChI=1S/C21H27F3N4O4/c1-19(2,3)32-18(30)28-9-7-27(8-10-28)13-20(4,31)17(29)26-15-6-5-14(12-25)16(11-15)21(22,23)24/h5-6,11,31H,7-10,13H2,1-4H3,(H,26,29)/t20-/m0/s1. The molecule has 11 heteroatoms. The van der Waals surface area contributed by atoms with Crippen LogP contribution in [0, 0.1) is 11.3 Å². The Balaban J connectivity index is 1.98. The number of amides is 2. The Morgan fingerprint density at radius 2 is 1.75 bits per heavy atom. The average Bonchev–Trinajstić information content (AvgIpc) is 2.66. The van der Waals surface area contributed by atoms with Gasteiger partial charge in [0.2, 0.25) is 0 Å². The molecule has 2 amide bonds. The number of hydrogen-bond donors (Lipinski definition) is 2. The summed E-state index contributed by atoms with van der Waals surface area (Å²) in [5.74, 6) is -0.884. The van der Waals surface area contributed by atoms with E-state index >= 15 is 0 Å². The highest BCUT2D eigenvalue weighted by molar-refractivity contribution is 5.97. The lowest BCUT2D eigenvalue weighted by molar-refractivity contribution is -0.138. The highest BCUT2D eigenvalue weighted by Crippen LogP contribution is 2.33. The van der Waals surface area contributed by atoms with Crippen molar-refractivity contribution in [1.82, 2.24) is 9.80 Å². The number of alkyl halides is 3. The second-order valence-electron chi connectivity index (χ2n) is 8.84. The summed E-state index contributed by atoms with van der Waals surface area (Å²) in [7, 11) is 0. The Morgan fingerprint density at radius 3 is 2.25 bits per heavy atom. The van der Waals surface area contributed by atoms with E-state index in [0.29, 0.717) is 32.2 Å². The van der Waals surface area contributed by atoms with E-state index in [4.69, 9.17) is 10.00 Å². The van der Waals surface area contributed by atoms with Crippen molar-refractivity contribution in [2.24, 2.45) is 0 Å². The van der Waals surface area contributed by atoms with Gasteiger partial charge in [0.1, 0.15) is 5.60 Å². The molecule has 0 aromatic heterocycles. The largest absolute Gasteiger partial charge is 0.444 e. The number of ether oxygens (including phenoxy) is 1. The average molecular weight is 456 g/mol. The van der Waals surface area contributed by atoms with Crippen LogP contribution < -0.4 is 5.32 Å². The first-order valence-corrected chi connectivity index (χ1v) is 9.98. The fourth-order valence-corrected chi connectivity index (χ4v) is 3.14. The van der Waals surface area contributed by atoms with E-state index in [1.54, 1.807) is 25.7 Å². The number of β-amino-alcohol motifs (C(OH)–C–C–N with tert-alkyl or cyclic N) is 1. The predicted molar refractivity (Wildman–Crippen MR) is 110 cm³/mol. The van der Waals surface area contributed by atoms with Crippen molar-refractivity contribution >= 4 is 17.7 Å². The van der Waals surface area contributed by atoms with Gasteiger partial charge < -0.3 is 20.1 Å². The Hall–Kier alpha value is -2.84. The molecule has 1 aliphatic rings. The van der Waals surface area contributed by atoms with Crippen LogP contribution in [0.25, 0.3) is 0 Å². The van der Waals surface area contributed by atoms with Gasteiger partial charge in [-0.25, -0.2) is 4.79 Å². The van der Waals surface area contributed by atoms with E-state index in [1.165, 1.54) is 24.0 Å². The van der Waals surface area contributed by atoms with Gasteiger partial charge in [-0.3, -0.25) is 9.69 Å². The second kappa shape index (κ2) is 9.34. The molecule has 1 fully saturated rings. The molecule has 0 saturated carbocycles. The lowest BCUT2D eigenvalue weighted by atomic mass is 10.0. The van der Waals surface area contributed by atoms with Crippen LogP contribution in [0.15, 0.2) is 18.2 Å². The maximum atomic E-state index is 13.1. The van der Waals surface area contributed by atoms with E-state index in [0.717, 1.165) is 6.07 Å². The van der Waals surface area contributed by atoms with E-state index in [9.17, 15) is 27.9 Å². The fourth-order valence-electron chi connectivity index (χ4n) is 3.14. The van der Waals surface area contributed by atoms with Crippen LogP contribution >= 0.6 is 0 Å². The van der Waals surface area contributed by atoms with Crippen LogP contribution in [0.2, 0.25) is 0 Å². The first-order valence-electron chi connectivity index (χ1n) is 9.98. The molecule has 0 spiro atoms. The molecule has 1 heterocycles. The van der Waals surface area contributed by atoms with Crippen LogP contribution in [0.3, 0.4) is 0 Å². The van der Waals surface area contributed by atoms with Gasteiger partial charge in [-0.05, 0) is 45.9 Å². The summed E-state index contributed by atoms with van der Waals surface area (Å²) in [4.78, 5) is 28.0. The summed E-state index contributed by atoms with van der Waals surface area (Å²) in [5.41, 5.74) is -4.44. The first-order chi connectivity index (χ1) is 14.6. The number of carbonyl (C=O) groups excluding carboxylic acids is 2. The molecule has 1 aliphatic heterocycles. The van der Waals surface area contributed by atoms with Crippen molar-refractivity contribution in [2.75, 3.05) is 38.0 Å². The molecule has 2 rings (SSSR count). The van der Waals surface area contributed by atoms with Crippen molar-refractivity contribution in [1.29, 1.82) is 5.26 Å². The lowest BCUT2D eigenvalue weighted by Gasteiger charge is -2.38. The number of nitrogens with one attached hydrogen (secondary N) is 1. The molecular formula is C21H27F3N4O4. The van der Waals surface area contributed by atoms with Gasteiger partial charge in [-0.15, -0.1) is 0 Å². The SMILES string of the molecule is CC(C)(C)OC(=O)N1CCN(C[C@](C)(O)C(=O)Nc2ccc(C#N)c(C(F)(F)F)c2)CC1.